The molecule has 15 heavy (non-hydrogen) atoms. The van der Waals surface area contributed by atoms with E-state index in [2.05, 4.69) is 0 Å². The van der Waals surface area contributed by atoms with Crippen LogP contribution in [0.4, 0.5) is 0 Å². The van der Waals surface area contributed by atoms with E-state index in [1.807, 2.05) is 0 Å². The zero-order chi connectivity index (χ0) is 10.5. The molecule has 0 N–H and O–H groups in total. The fraction of sp³-hybridized carbons (Fsp3) is 0.917. The molecule has 0 aromatic heterocycles. The normalized spacial score (nSPS) is 37.5. The van der Waals surface area contributed by atoms with E-state index >= 15 is 0 Å². The Morgan fingerprint density at radius 3 is 2.47 bits per heavy atom. The van der Waals surface area contributed by atoms with E-state index < -0.39 is 0 Å². The topological polar surface area (TPSA) is 35.5 Å². The molecular weight excluding hydrogens is 192 g/mol. The first-order valence-electron chi connectivity index (χ1n) is 6.11. The molecule has 1 atom stereocenters. The van der Waals surface area contributed by atoms with Crippen LogP contribution in [-0.2, 0) is 14.3 Å². The lowest BCUT2D eigenvalue weighted by Gasteiger charge is -2.31. The summed E-state index contributed by atoms with van der Waals surface area (Å²) >= 11 is 0. The van der Waals surface area contributed by atoms with Crippen LogP contribution in [0.2, 0.25) is 0 Å². The molecule has 2 fully saturated rings. The minimum atomic E-state index is 0.0246. The number of carbonyl (C=O) groups excluding carboxylic acids is 1. The summed E-state index contributed by atoms with van der Waals surface area (Å²) in [5, 5.41) is 0. The number of aldehydes is 1. The minimum Gasteiger partial charge on any atom is -0.353 e. The first-order chi connectivity index (χ1) is 7.38. The van der Waals surface area contributed by atoms with Crippen molar-refractivity contribution in [1.82, 2.24) is 0 Å². The second-order valence-electron chi connectivity index (χ2n) is 4.61. The largest absolute Gasteiger partial charge is 0.353 e. The Balaban J connectivity index is 1.69. The standard InChI is InChI=1S/C12H20O3/c13-9-10-4-6-11(7-5-10)15-12-3-1-2-8-14-12/h9-12H,1-8H2/t10-,11+,12?. The van der Waals surface area contributed by atoms with Crippen molar-refractivity contribution in [2.24, 2.45) is 5.92 Å². The first-order valence-corrected chi connectivity index (χ1v) is 6.11. The minimum absolute atomic E-state index is 0.0246. The van der Waals surface area contributed by atoms with Crippen molar-refractivity contribution in [1.29, 1.82) is 0 Å². The second-order valence-corrected chi connectivity index (χ2v) is 4.61. The Hall–Kier alpha value is -0.410. The van der Waals surface area contributed by atoms with Gasteiger partial charge in [-0.25, -0.2) is 0 Å². The zero-order valence-electron chi connectivity index (χ0n) is 9.19. The summed E-state index contributed by atoms with van der Waals surface area (Å²) in [6, 6.07) is 0. The van der Waals surface area contributed by atoms with Gasteiger partial charge in [0.25, 0.3) is 0 Å². The summed E-state index contributed by atoms with van der Waals surface area (Å²) in [5.41, 5.74) is 0. The summed E-state index contributed by atoms with van der Waals surface area (Å²) in [7, 11) is 0. The van der Waals surface area contributed by atoms with Gasteiger partial charge in [0.15, 0.2) is 6.29 Å². The quantitative estimate of drug-likeness (QED) is 0.673. The van der Waals surface area contributed by atoms with Gasteiger partial charge in [0.2, 0.25) is 0 Å². The van der Waals surface area contributed by atoms with Gasteiger partial charge in [-0.2, -0.15) is 0 Å². The van der Waals surface area contributed by atoms with Crippen LogP contribution < -0.4 is 0 Å². The Kier molecular flexibility index (Phi) is 4.15. The average molecular weight is 212 g/mol. The summed E-state index contributed by atoms with van der Waals surface area (Å²) in [6.45, 7) is 0.842. The van der Waals surface area contributed by atoms with Crippen LogP contribution >= 0.6 is 0 Å². The summed E-state index contributed by atoms with van der Waals surface area (Å²) in [5.74, 6) is 0.275. The molecule has 0 spiro atoms. The van der Waals surface area contributed by atoms with E-state index in [4.69, 9.17) is 9.47 Å². The third-order valence-electron chi connectivity index (χ3n) is 3.39. The monoisotopic (exact) mass is 212 g/mol. The number of hydrogen-bond donors (Lipinski definition) is 0. The third kappa shape index (κ3) is 3.28. The van der Waals surface area contributed by atoms with E-state index in [9.17, 15) is 4.79 Å². The molecule has 1 saturated heterocycles. The number of ether oxygens (including phenoxy) is 2. The van der Waals surface area contributed by atoms with E-state index in [1.54, 1.807) is 0 Å². The van der Waals surface area contributed by atoms with Crippen LogP contribution in [0.3, 0.4) is 0 Å². The molecule has 0 radical (unpaired) electrons. The number of rotatable bonds is 3. The molecule has 86 valence electrons. The van der Waals surface area contributed by atoms with Crippen molar-refractivity contribution < 1.29 is 14.3 Å². The molecule has 1 aliphatic heterocycles. The van der Waals surface area contributed by atoms with Crippen LogP contribution in [0.15, 0.2) is 0 Å². The second kappa shape index (κ2) is 5.61. The molecular formula is C12H20O3. The Morgan fingerprint density at radius 1 is 1.07 bits per heavy atom. The summed E-state index contributed by atoms with van der Waals surface area (Å²) in [4.78, 5) is 10.6. The fourth-order valence-electron chi connectivity index (χ4n) is 2.39. The molecule has 0 bridgehead atoms. The predicted molar refractivity (Wildman–Crippen MR) is 56.5 cm³/mol. The highest BCUT2D eigenvalue weighted by atomic mass is 16.7. The highest BCUT2D eigenvalue weighted by Gasteiger charge is 2.25. The Bertz CT molecular complexity index is 191. The van der Waals surface area contributed by atoms with Crippen LogP contribution in [0.1, 0.15) is 44.9 Å². The van der Waals surface area contributed by atoms with E-state index in [-0.39, 0.29) is 12.2 Å². The molecule has 3 nitrogen and oxygen atoms in total. The van der Waals surface area contributed by atoms with Crippen molar-refractivity contribution >= 4 is 6.29 Å². The Labute approximate surface area is 91.1 Å². The van der Waals surface area contributed by atoms with Gasteiger partial charge in [0.1, 0.15) is 6.29 Å². The fourth-order valence-corrected chi connectivity index (χ4v) is 2.39. The lowest BCUT2D eigenvalue weighted by molar-refractivity contribution is -0.194. The van der Waals surface area contributed by atoms with E-state index in [0.717, 1.165) is 51.4 Å². The third-order valence-corrected chi connectivity index (χ3v) is 3.39. The van der Waals surface area contributed by atoms with Gasteiger partial charge in [0, 0.05) is 12.5 Å². The molecule has 2 rings (SSSR count). The van der Waals surface area contributed by atoms with E-state index in [1.165, 1.54) is 6.42 Å². The molecule has 2 aliphatic rings. The smallest absolute Gasteiger partial charge is 0.157 e. The lowest BCUT2D eigenvalue weighted by Crippen LogP contribution is -2.30. The molecule has 1 heterocycles. The molecule has 3 heteroatoms. The van der Waals surface area contributed by atoms with Gasteiger partial charge in [-0.3, -0.25) is 0 Å². The zero-order valence-corrected chi connectivity index (χ0v) is 9.19. The van der Waals surface area contributed by atoms with Gasteiger partial charge >= 0.3 is 0 Å². The van der Waals surface area contributed by atoms with Crippen molar-refractivity contribution in [3.63, 3.8) is 0 Å². The van der Waals surface area contributed by atoms with Crippen LogP contribution in [0.5, 0.6) is 0 Å². The molecule has 0 amide bonds. The van der Waals surface area contributed by atoms with Gasteiger partial charge in [0.05, 0.1) is 6.10 Å². The maximum Gasteiger partial charge on any atom is 0.157 e. The summed E-state index contributed by atoms with van der Waals surface area (Å²) < 4.78 is 11.4. The predicted octanol–water partition coefficient (Wildman–Crippen LogP) is 2.29. The molecule has 1 saturated carbocycles. The van der Waals surface area contributed by atoms with Crippen molar-refractivity contribution in [2.75, 3.05) is 6.61 Å². The number of carbonyl (C=O) groups is 1. The van der Waals surface area contributed by atoms with Crippen LogP contribution in [0.25, 0.3) is 0 Å². The maximum absolute atomic E-state index is 10.6. The SMILES string of the molecule is O=C[C@H]1CC[C@@H](OC2CCCCO2)CC1. The van der Waals surface area contributed by atoms with Gasteiger partial charge in [-0.1, -0.05) is 0 Å². The maximum atomic E-state index is 10.6. The van der Waals surface area contributed by atoms with Crippen molar-refractivity contribution in [3.05, 3.63) is 0 Å². The highest BCUT2D eigenvalue weighted by Crippen LogP contribution is 2.27. The molecule has 0 aromatic rings. The molecule has 1 aliphatic carbocycles. The van der Waals surface area contributed by atoms with Gasteiger partial charge in [-0.05, 0) is 44.9 Å². The first kappa shape index (κ1) is 11.1. The highest BCUT2D eigenvalue weighted by molar-refractivity contribution is 5.53. The average Bonchev–Trinajstić information content (AvgIpc) is 2.31. The number of hydrogen-bond acceptors (Lipinski definition) is 3. The lowest BCUT2D eigenvalue weighted by atomic mass is 9.88. The molecule has 1 unspecified atom stereocenters. The van der Waals surface area contributed by atoms with Crippen molar-refractivity contribution in [2.45, 2.75) is 57.3 Å². The van der Waals surface area contributed by atoms with Crippen LogP contribution in [0, 0.1) is 5.92 Å². The van der Waals surface area contributed by atoms with E-state index in [0.29, 0.717) is 6.10 Å². The van der Waals surface area contributed by atoms with Crippen LogP contribution in [-0.4, -0.2) is 25.3 Å². The summed E-state index contributed by atoms with van der Waals surface area (Å²) in [6.07, 6.45) is 8.86. The van der Waals surface area contributed by atoms with Crippen molar-refractivity contribution in [3.8, 4) is 0 Å². The Morgan fingerprint density at radius 2 is 1.87 bits per heavy atom. The molecule has 0 aromatic carbocycles. The van der Waals surface area contributed by atoms with Gasteiger partial charge in [-0.15, -0.1) is 0 Å². The van der Waals surface area contributed by atoms with Gasteiger partial charge < -0.3 is 14.3 Å².